The number of para-hydroxylation sites is 1. The van der Waals surface area contributed by atoms with Crippen molar-refractivity contribution in [2.45, 2.75) is 20.0 Å². The molecule has 0 unspecified atom stereocenters. The van der Waals surface area contributed by atoms with Crippen LogP contribution in [-0.4, -0.2) is 18.6 Å². The summed E-state index contributed by atoms with van der Waals surface area (Å²) in [6, 6.07) is 11.5. The molecule has 0 bridgehead atoms. The molecule has 2 aromatic rings. The Kier molecular flexibility index (Phi) is 5.28. The fourth-order valence-electron chi connectivity index (χ4n) is 2.22. The molecule has 0 amide bonds. The minimum Gasteiger partial charge on any atom is -0.494 e. The molecule has 0 aliphatic rings. The molecule has 0 N–H and O–H groups in total. The first kappa shape index (κ1) is 15.4. The predicted octanol–water partition coefficient (Wildman–Crippen LogP) is 4.00. The first-order chi connectivity index (χ1) is 10.1. The molecule has 21 heavy (non-hydrogen) atoms. The van der Waals surface area contributed by atoms with Gasteiger partial charge in [-0.3, -0.25) is 4.90 Å². The number of rotatable bonds is 6. The van der Waals surface area contributed by atoms with Crippen molar-refractivity contribution >= 4 is 0 Å². The van der Waals surface area contributed by atoms with Gasteiger partial charge in [-0.05, 0) is 26.1 Å². The second kappa shape index (κ2) is 7.18. The van der Waals surface area contributed by atoms with E-state index in [4.69, 9.17) is 4.74 Å². The second-order valence-corrected chi connectivity index (χ2v) is 4.95. The van der Waals surface area contributed by atoms with Crippen molar-refractivity contribution in [3.8, 4) is 5.75 Å². The summed E-state index contributed by atoms with van der Waals surface area (Å²) in [6.07, 6.45) is 0. The van der Waals surface area contributed by atoms with Crippen LogP contribution in [0.25, 0.3) is 0 Å². The van der Waals surface area contributed by atoms with Crippen LogP contribution in [0.4, 0.5) is 8.78 Å². The fourth-order valence-corrected chi connectivity index (χ4v) is 2.22. The van der Waals surface area contributed by atoms with Gasteiger partial charge in [-0.2, -0.15) is 0 Å². The normalized spacial score (nSPS) is 10.9. The lowest BCUT2D eigenvalue weighted by Crippen LogP contribution is -2.18. The Balaban J connectivity index is 2.06. The van der Waals surface area contributed by atoms with Crippen molar-refractivity contribution in [2.24, 2.45) is 0 Å². The second-order valence-electron chi connectivity index (χ2n) is 4.95. The van der Waals surface area contributed by atoms with E-state index >= 15 is 0 Å². The van der Waals surface area contributed by atoms with Gasteiger partial charge in [-0.1, -0.05) is 24.3 Å². The lowest BCUT2D eigenvalue weighted by molar-refractivity contribution is 0.294. The summed E-state index contributed by atoms with van der Waals surface area (Å²) in [5, 5.41) is 0. The molecule has 0 fully saturated rings. The zero-order chi connectivity index (χ0) is 15.2. The Morgan fingerprint density at radius 2 is 1.71 bits per heavy atom. The van der Waals surface area contributed by atoms with Crippen molar-refractivity contribution in [3.63, 3.8) is 0 Å². The Morgan fingerprint density at radius 3 is 2.43 bits per heavy atom. The van der Waals surface area contributed by atoms with Crippen LogP contribution in [0.3, 0.4) is 0 Å². The molecule has 0 radical (unpaired) electrons. The molecule has 2 rings (SSSR count). The highest BCUT2D eigenvalue weighted by Gasteiger charge is 2.10. The largest absolute Gasteiger partial charge is 0.494 e. The van der Waals surface area contributed by atoms with Gasteiger partial charge >= 0.3 is 0 Å². The molecule has 2 nitrogen and oxygen atoms in total. The summed E-state index contributed by atoms with van der Waals surface area (Å²) in [7, 11) is 1.89. The van der Waals surface area contributed by atoms with Gasteiger partial charge in [0.15, 0.2) is 0 Å². The Morgan fingerprint density at radius 1 is 1.00 bits per heavy atom. The SMILES string of the molecule is CCOc1ccccc1CN(C)Cc1ccc(F)cc1F. The summed E-state index contributed by atoms with van der Waals surface area (Å²) in [5.74, 6) is -0.230. The van der Waals surface area contributed by atoms with Crippen LogP contribution in [0.5, 0.6) is 5.75 Å². The summed E-state index contributed by atoms with van der Waals surface area (Å²) in [5.41, 5.74) is 1.53. The molecule has 0 saturated carbocycles. The Labute approximate surface area is 124 Å². The van der Waals surface area contributed by atoms with E-state index in [1.807, 2.05) is 43.1 Å². The molecule has 0 aromatic heterocycles. The van der Waals surface area contributed by atoms with Gasteiger partial charge in [-0.25, -0.2) is 8.78 Å². The van der Waals surface area contributed by atoms with Crippen molar-refractivity contribution in [3.05, 3.63) is 65.2 Å². The molecule has 0 aliphatic heterocycles. The van der Waals surface area contributed by atoms with Crippen LogP contribution in [0.15, 0.2) is 42.5 Å². The van der Waals surface area contributed by atoms with Gasteiger partial charge in [0.2, 0.25) is 0 Å². The summed E-state index contributed by atoms with van der Waals surface area (Å²) >= 11 is 0. The van der Waals surface area contributed by atoms with Gasteiger partial charge in [0.05, 0.1) is 6.61 Å². The number of halogens is 2. The molecule has 0 heterocycles. The molecule has 0 atom stereocenters. The van der Waals surface area contributed by atoms with Gasteiger partial charge in [-0.15, -0.1) is 0 Å². The maximum Gasteiger partial charge on any atom is 0.130 e. The van der Waals surface area contributed by atoms with E-state index in [0.717, 1.165) is 17.4 Å². The Hall–Kier alpha value is -1.94. The number of hydrogen-bond acceptors (Lipinski definition) is 2. The average Bonchev–Trinajstić information content (AvgIpc) is 2.44. The lowest BCUT2D eigenvalue weighted by Gasteiger charge is -2.19. The minimum atomic E-state index is -0.555. The maximum atomic E-state index is 13.7. The third-order valence-corrected chi connectivity index (χ3v) is 3.17. The van der Waals surface area contributed by atoms with Gasteiger partial charge in [0, 0.05) is 30.3 Å². The van der Waals surface area contributed by atoms with E-state index < -0.39 is 11.6 Å². The van der Waals surface area contributed by atoms with Crippen molar-refractivity contribution in [2.75, 3.05) is 13.7 Å². The van der Waals surface area contributed by atoms with E-state index in [0.29, 0.717) is 25.3 Å². The molecule has 0 aliphatic carbocycles. The van der Waals surface area contributed by atoms with Crippen molar-refractivity contribution in [1.82, 2.24) is 4.90 Å². The molecular weight excluding hydrogens is 272 g/mol. The van der Waals surface area contributed by atoms with Gasteiger partial charge in [0.1, 0.15) is 17.4 Å². The smallest absolute Gasteiger partial charge is 0.130 e. The van der Waals surface area contributed by atoms with E-state index in [-0.39, 0.29) is 0 Å². The average molecular weight is 291 g/mol. The number of hydrogen-bond donors (Lipinski definition) is 0. The standard InChI is InChI=1S/C17H19F2NO/c1-3-21-17-7-5-4-6-14(17)12-20(2)11-13-8-9-15(18)10-16(13)19/h4-10H,3,11-12H2,1-2H3. The van der Waals surface area contributed by atoms with Crippen LogP contribution in [-0.2, 0) is 13.1 Å². The quantitative estimate of drug-likeness (QED) is 0.797. The highest BCUT2D eigenvalue weighted by molar-refractivity contribution is 5.33. The van der Waals surface area contributed by atoms with Crippen molar-refractivity contribution < 1.29 is 13.5 Å². The van der Waals surface area contributed by atoms with Gasteiger partial charge in [0.25, 0.3) is 0 Å². The van der Waals surface area contributed by atoms with Crippen LogP contribution >= 0.6 is 0 Å². The molecule has 0 spiro atoms. The molecule has 112 valence electrons. The lowest BCUT2D eigenvalue weighted by atomic mass is 10.1. The highest BCUT2D eigenvalue weighted by atomic mass is 19.1. The number of nitrogens with zero attached hydrogens (tertiary/aromatic N) is 1. The zero-order valence-electron chi connectivity index (χ0n) is 12.3. The summed E-state index contributed by atoms with van der Waals surface area (Å²) in [6.45, 7) is 3.58. The van der Waals surface area contributed by atoms with Crippen LogP contribution in [0.2, 0.25) is 0 Å². The van der Waals surface area contributed by atoms with Crippen molar-refractivity contribution in [1.29, 1.82) is 0 Å². The number of ether oxygens (including phenoxy) is 1. The topological polar surface area (TPSA) is 12.5 Å². The summed E-state index contributed by atoms with van der Waals surface area (Å²) in [4.78, 5) is 1.97. The van der Waals surface area contributed by atoms with Crippen LogP contribution in [0, 0.1) is 11.6 Å². The van der Waals surface area contributed by atoms with Crippen LogP contribution in [0.1, 0.15) is 18.1 Å². The zero-order valence-corrected chi connectivity index (χ0v) is 12.3. The third-order valence-electron chi connectivity index (χ3n) is 3.17. The molecular formula is C17H19F2NO. The molecule has 2 aromatic carbocycles. The Bertz CT molecular complexity index is 601. The fraction of sp³-hybridized carbons (Fsp3) is 0.294. The first-order valence-electron chi connectivity index (χ1n) is 6.93. The molecule has 0 saturated heterocycles. The van der Waals surface area contributed by atoms with E-state index in [9.17, 15) is 8.78 Å². The monoisotopic (exact) mass is 291 g/mol. The van der Waals surface area contributed by atoms with Crippen LogP contribution < -0.4 is 4.74 Å². The third kappa shape index (κ3) is 4.26. The first-order valence-corrected chi connectivity index (χ1v) is 6.93. The minimum absolute atomic E-state index is 0.409. The van der Waals surface area contributed by atoms with Gasteiger partial charge < -0.3 is 4.74 Å². The maximum absolute atomic E-state index is 13.7. The van der Waals surface area contributed by atoms with E-state index in [1.54, 1.807) is 0 Å². The highest BCUT2D eigenvalue weighted by Crippen LogP contribution is 2.20. The summed E-state index contributed by atoms with van der Waals surface area (Å²) < 4.78 is 32.1. The predicted molar refractivity (Wildman–Crippen MR) is 79.1 cm³/mol. The van der Waals surface area contributed by atoms with E-state index in [2.05, 4.69) is 0 Å². The van der Waals surface area contributed by atoms with E-state index in [1.165, 1.54) is 12.1 Å². The number of benzene rings is 2. The molecule has 4 heteroatoms.